The van der Waals surface area contributed by atoms with Gasteiger partial charge < -0.3 is 9.47 Å². The second kappa shape index (κ2) is 5.43. The largest absolute Gasteiger partial charge is 0.344 e. The van der Waals surface area contributed by atoms with E-state index in [-0.39, 0.29) is 18.0 Å². The first-order chi connectivity index (χ1) is 9.19. The molecule has 1 heterocycles. The maximum Gasteiger partial charge on any atom is 0.169 e. The number of halogens is 1. The molecule has 103 valence electrons. The lowest BCUT2D eigenvalue weighted by atomic mass is 9.94. The molecule has 1 aromatic rings. The van der Waals surface area contributed by atoms with Crippen LogP contribution in [-0.2, 0) is 15.9 Å². The third-order valence-corrected chi connectivity index (χ3v) is 4.51. The summed E-state index contributed by atoms with van der Waals surface area (Å²) in [5.41, 5.74) is 1.11. The lowest BCUT2D eigenvalue weighted by Gasteiger charge is -2.31. The molecular weight excluding hydrogens is 260 g/mol. The molecule has 1 saturated heterocycles. The minimum absolute atomic E-state index is 0.0120. The highest BCUT2D eigenvalue weighted by molar-refractivity contribution is 6.31. The Hall–Kier alpha value is -0.570. The number of hydrogen-bond acceptors (Lipinski definition) is 2. The molecule has 2 nitrogen and oxygen atoms in total. The number of ether oxygens (including phenoxy) is 2. The molecule has 2 aliphatic rings. The van der Waals surface area contributed by atoms with Crippen molar-refractivity contribution in [2.24, 2.45) is 0 Å². The topological polar surface area (TPSA) is 18.5 Å². The van der Waals surface area contributed by atoms with Gasteiger partial charge in [-0.1, -0.05) is 36.2 Å². The van der Waals surface area contributed by atoms with Crippen LogP contribution in [0.1, 0.15) is 37.7 Å². The predicted molar refractivity (Wildman–Crippen MR) is 76.1 cm³/mol. The second-order valence-electron chi connectivity index (χ2n) is 5.58. The van der Waals surface area contributed by atoms with Crippen molar-refractivity contribution in [3.05, 3.63) is 41.8 Å². The van der Waals surface area contributed by atoms with Crippen molar-refractivity contribution >= 4 is 11.6 Å². The van der Waals surface area contributed by atoms with Crippen molar-refractivity contribution in [1.82, 2.24) is 0 Å². The van der Waals surface area contributed by atoms with Gasteiger partial charge in [-0.15, -0.1) is 0 Å². The van der Waals surface area contributed by atoms with Gasteiger partial charge in [0.25, 0.3) is 0 Å². The van der Waals surface area contributed by atoms with Crippen molar-refractivity contribution in [3.8, 4) is 0 Å². The van der Waals surface area contributed by atoms with E-state index in [2.05, 4.69) is 6.92 Å². The van der Waals surface area contributed by atoms with Crippen LogP contribution in [0.3, 0.4) is 0 Å². The van der Waals surface area contributed by atoms with Crippen LogP contribution in [0.5, 0.6) is 0 Å². The van der Waals surface area contributed by atoms with Gasteiger partial charge in [-0.3, -0.25) is 0 Å². The molecule has 0 bridgehead atoms. The summed E-state index contributed by atoms with van der Waals surface area (Å²) in [5.74, 6) is -0.364. The Morgan fingerprint density at radius 1 is 1.16 bits per heavy atom. The van der Waals surface area contributed by atoms with Crippen molar-refractivity contribution < 1.29 is 9.47 Å². The van der Waals surface area contributed by atoms with Crippen LogP contribution in [0.25, 0.3) is 0 Å². The molecule has 1 radical (unpaired) electrons. The zero-order valence-electron chi connectivity index (χ0n) is 11.1. The standard InChI is InChI=1S/C16H20ClO2/c1-12-15(11-13-7-3-4-8-14(13)17)19-16(18-12)9-5-2-6-10-16/h3-4,7-8,12,15H,1-2,5-6,9-11H2. The minimum Gasteiger partial charge on any atom is -0.344 e. The van der Waals surface area contributed by atoms with Gasteiger partial charge in [0.1, 0.15) is 0 Å². The van der Waals surface area contributed by atoms with Crippen molar-refractivity contribution in [2.45, 2.75) is 56.5 Å². The summed E-state index contributed by atoms with van der Waals surface area (Å²) in [4.78, 5) is 0. The van der Waals surface area contributed by atoms with E-state index in [0.717, 1.165) is 29.8 Å². The third-order valence-electron chi connectivity index (χ3n) is 4.14. The number of benzene rings is 1. The van der Waals surface area contributed by atoms with Crippen LogP contribution in [0, 0.1) is 6.92 Å². The van der Waals surface area contributed by atoms with E-state index in [9.17, 15) is 0 Å². The first-order valence-electron chi connectivity index (χ1n) is 7.11. The van der Waals surface area contributed by atoms with Crippen LogP contribution in [-0.4, -0.2) is 18.0 Å². The Morgan fingerprint density at radius 2 is 1.89 bits per heavy atom. The number of hydrogen-bond donors (Lipinski definition) is 0. The second-order valence-corrected chi connectivity index (χ2v) is 5.99. The van der Waals surface area contributed by atoms with Crippen LogP contribution < -0.4 is 0 Å². The summed E-state index contributed by atoms with van der Waals surface area (Å²) in [5, 5.41) is 0.794. The fourth-order valence-electron chi connectivity index (χ4n) is 3.11. The Morgan fingerprint density at radius 3 is 2.63 bits per heavy atom. The smallest absolute Gasteiger partial charge is 0.169 e. The van der Waals surface area contributed by atoms with E-state index in [4.69, 9.17) is 21.1 Å². The molecule has 1 aliphatic heterocycles. The SMILES string of the molecule is [CH2]C1OC2(CCCCC2)OC1Cc1ccccc1Cl. The maximum atomic E-state index is 6.22. The first kappa shape index (κ1) is 13.4. The molecule has 19 heavy (non-hydrogen) atoms. The van der Waals surface area contributed by atoms with Crippen molar-refractivity contribution in [1.29, 1.82) is 0 Å². The lowest BCUT2D eigenvalue weighted by Crippen LogP contribution is -2.33. The van der Waals surface area contributed by atoms with Gasteiger partial charge in [0.2, 0.25) is 0 Å². The monoisotopic (exact) mass is 279 g/mol. The Kier molecular flexibility index (Phi) is 3.84. The van der Waals surface area contributed by atoms with Crippen LogP contribution in [0.15, 0.2) is 24.3 Å². The Bertz CT molecular complexity index is 440. The zero-order valence-corrected chi connectivity index (χ0v) is 11.9. The molecule has 2 unspecified atom stereocenters. The number of rotatable bonds is 2. The van der Waals surface area contributed by atoms with Gasteiger partial charge in [-0.25, -0.2) is 0 Å². The summed E-state index contributed by atoms with van der Waals surface area (Å²) in [6.45, 7) is 4.10. The van der Waals surface area contributed by atoms with Gasteiger partial charge in [0.15, 0.2) is 5.79 Å². The summed E-state index contributed by atoms with van der Waals surface area (Å²) in [7, 11) is 0. The van der Waals surface area contributed by atoms with Crippen LogP contribution in [0.2, 0.25) is 5.02 Å². The zero-order chi connectivity index (χ0) is 13.3. The molecule has 0 aromatic heterocycles. The quantitative estimate of drug-likeness (QED) is 0.809. The first-order valence-corrected chi connectivity index (χ1v) is 7.48. The lowest BCUT2D eigenvalue weighted by molar-refractivity contribution is -0.191. The maximum absolute atomic E-state index is 6.22. The molecule has 1 saturated carbocycles. The van der Waals surface area contributed by atoms with Gasteiger partial charge in [-0.05, 0) is 31.4 Å². The van der Waals surface area contributed by atoms with Crippen molar-refractivity contribution in [2.75, 3.05) is 0 Å². The molecule has 1 spiro atoms. The fraction of sp³-hybridized carbons (Fsp3) is 0.562. The summed E-state index contributed by atoms with van der Waals surface area (Å²) < 4.78 is 12.3. The average molecular weight is 280 g/mol. The van der Waals surface area contributed by atoms with E-state index >= 15 is 0 Å². The van der Waals surface area contributed by atoms with Crippen LogP contribution in [0.4, 0.5) is 0 Å². The van der Waals surface area contributed by atoms with Crippen molar-refractivity contribution in [3.63, 3.8) is 0 Å². The molecule has 0 amide bonds. The summed E-state index contributed by atoms with van der Waals surface area (Å²) in [6.07, 6.45) is 6.33. The molecule has 3 heteroatoms. The molecule has 2 fully saturated rings. The van der Waals surface area contributed by atoms with E-state index in [1.54, 1.807) is 0 Å². The van der Waals surface area contributed by atoms with E-state index in [1.165, 1.54) is 19.3 Å². The van der Waals surface area contributed by atoms with Gasteiger partial charge in [-0.2, -0.15) is 0 Å². The third kappa shape index (κ3) is 2.81. The van der Waals surface area contributed by atoms with Crippen LogP contribution >= 0.6 is 11.6 Å². The fourth-order valence-corrected chi connectivity index (χ4v) is 3.32. The molecule has 3 rings (SSSR count). The average Bonchev–Trinajstić information content (AvgIpc) is 2.69. The molecule has 0 N–H and O–H groups in total. The van der Waals surface area contributed by atoms with Gasteiger partial charge in [0, 0.05) is 24.3 Å². The highest BCUT2D eigenvalue weighted by atomic mass is 35.5. The highest BCUT2D eigenvalue weighted by Gasteiger charge is 2.46. The highest BCUT2D eigenvalue weighted by Crippen LogP contribution is 2.41. The normalized spacial score (nSPS) is 29.8. The molecule has 1 aromatic carbocycles. The summed E-state index contributed by atoms with van der Waals surface area (Å²) >= 11 is 6.21. The minimum atomic E-state index is -0.364. The van der Waals surface area contributed by atoms with E-state index < -0.39 is 0 Å². The van der Waals surface area contributed by atoms with E-state index in [1.807, 2.05) is 24.3 Å². The van der Waals surface area contributed by atoms with Gasteiger partial charge >= 0.3 is 0 Å². The van der Waals surface area contributed by atoms with E-state index in [0.29, 0.717) is 0 Å². The summed E-state index contributed by atoms with van der Waals surface area (Å²) in [6, 6.07) is 7.92. The Balaban J connectivity index is 1.70. The van der Waals surface area contributed by atoms with Gasteiger partial charge in [0.05, 0.1) is 12.2 Å². The Labute approximate surface area is 120 Å². The molecule has 2 atom stereocenters. The molecule has 1 aliphatic carbocycles. The molecular formula is C16H20ClO2. The predicted octanol–water partition coefficient (Wildman–Crippen LogP) is 4.16.